The zero-order valence-corrected chi connectivity index (χ0v) is 18.3. The Labute approximate surface area is 176 Å². The summed E-state index contributed by atoms with van der Waals surface area (Å²) in [6.45, 7) is 5.18. The van der Waals surface area contributed by atoms with Gasteiger partial charge >= 0.3 is 0 Å². The molecular formula is C22H31N3O3S. The second kappa shape index (κ2) is 10.3. The Morgan fingerprint density at radius 3 is 2.86 bits per heavy atom. The highest BCUT2D eigenvalue weighted by molar-refractivity contribution is 8.00. The van der Waals surface area contributed by atoms with Crippen molar-refractivity contribution in [3.8, 4) is 0 Å². The molecule has 7 heteroatoms. The van der Waals surface area contributed by atoms with E-state index in [1.54, 1.807) is 17.7 Å². The third kappa shape index (κ3) is 5.39. The lowest BCUT2D eigenvalue weighted by Crippen LogP contribution is -2.44. The van der Waals surface area contributed by atoms with Gasteiger partial charge in [-0.15, -0.1) is 0 Å². The number of thioether (sulfide) groups is 1. The Hall–Kier alpha value is -1.86. The molecule has 2 aromatic rings. The summed E-state index contributed by atoms with van der Waals surface area (Å²) in [5, 5.41) is 4.08. The molecule has 1 aromatic heterocycles. The van der Waals surface area contributed by atoms with Gasteiger partial charge in [-0.25, -0.2) is 4.98 Å². The van der Waals surface area contributed by atoms with E-state index in [2.05, 4.69) is 12.2 Å². The number of fused-ring (bicyclic) bond motifs is 1. The second-order valence-electron chi connectivity index (χ2n) is 7.85. The van der Waals surface area contributed by atoms with Crippen molar-refractivity contribution in [3.05, 3.63) is 34.6 Å². The molecule has 0 spiro atoms. The minimum absolute atomic E-state index is 0.0135. The van der Waals surface area contributed by atoms with E-state index in [0.717, 1.165) is 12.8 Å². The lowest BCUT2D eigenvalue weighted by molar-refractivity contribution is -0.121. The average molecular weight is 418 g/mol. The van der Waals surface area contributed by atoms with Crippen LogP contribution in [0.5, 0.6) is 0 Å². The normalized spacial score (nSPS) is 20.5. The van der Waals surface area contributed by atoms with Gasteiger partial charge in [-0.3, -0.25) is 14.2 Å². The van der Waals surface area contributed by atoms with E-state index >= 15 is 0 Å². The van der Waals surface area contributed by atoms with E-state index in [1.807, 2.05) is 25.1 Å². The van der Waals surface area contributed by atoms with Gasteiger partial charge < -0.3 is 10.1 Å². The van der Waals surface area contributed by atoms with Crippen LogP contribution in [0.3, 0.4) is 0 Å². The van der Waals surface area contributed by atoms with Gasteiger partial charge in [0.05, 0.1) is 16.2 Å². The number of nitrogens with zero attached hydrogens (tertiary/aromatic N) is 2. The summed E-state index contributed by atoms with van der Waals surface area (Å²) in [7, 11) is 1.65. The van der Waals surface area contributed by atoms with E-state index in [9.17, 15) is 9.59 Å². The van der Waals surface area contributed by atoms with Crippen LogP contribution in [-0.4, -0.2) is 40.5 Å². The summed E-state index contributed by atoms with van der Waals surface area (Å²) >= 11 is 1.35. The van der Waals surface area contributed by atoms with Gasteiger partial charge in [-0.1, -0.05) is 43.7 Å². The lowest BCUT2D eigenvalue weighted by atomic mass is 9.86. The van der Waals surface area contributed by atoms with E-state index in [4.69, 9.17) is 9.72 Å². The number of hydrogen-bond donors (Lipinski definition) is 1. The predicted molar refractivity (Wildman–Crippen MR) is 117 cm³/mol. The van der Waals surface area contributed by atoms with Crippen molar-refractivity contribution < 1.29 is 9.53 Å². The van der Waals surface area contributed by atoms with Gasteiger partial charge in [0.2, 0.25) is 5.91 Å². The molecule has 1 amide bonds. The van der Waals surface area contributed by atoms with Crippen molar-refractivity contribution >= 4 is 28.6 Å². The average Bonchev–Trinajstić information content (AvgIpc) is 2.72. The van der Waals surface area contributed by atoms with Crippen LogP contribution in [0.4, 0.5) is 0 Å². The monoisotopic (exact) mass is 417 g/mol. The van der Waals surface area contributed by atoms with E-state index in [-0.39, 0.29) is 22.8 Å². The molecule has 0 saturated heterocycles. The maximum Gasteiger partial charge on any atom is 0.262 e. The Bertz CT molecular complexity index is 898. The van der Waals surface area contributed by atoms with Crippen LogP contribution >= 0.6 is 11.8 Å². The molecule has 3 atom stereocenters. The molecule has 1 aromatic carbocycles. The van der Waals surface area contributed by atoms with Gasteiger partial charge in [-0.05, 0) is 44.2 Å². The predicted octanol–water partition coefficient (Wildman–Crippen LogP) is 3.61. The van der Waals surface area contributed by atoms with E-state index in [1.165, 1.54) is 24.6 Å². The summed E-state index contributed by atoms with van der Waals surface area (Å²) in [6.07, 6.45) is 5.33. The molecule has 0 radical (unpaired) electrons. The Morgan fingerprint density at radius 1 is 1.34 bits per heavy atom. The van der Waals surface area contributed by atoms with Gasteiger partial charge in [-0.2, -0.15) is 0 Å². The lowest BCUT2D eigenvalue weighted by Gasteiger charge is -2.30. The molecule has 3 rings (SSSR count). The number of methoxy groups -OCH3 is 1. The zero-order valence-electron chi connectivity index (χ0n) is 17.5. The molecule has 6 nitrogen and oxygen atoms in total. The number of hydrogen-bond acceptors (Lipinski definition) is 5. The first-order valence-corrected chi connectivity index (χ1v) is 11.3. The summed E-state index contributed by atoms with van der Waals surface area (Å²) < 4.78 is 6.82. The fourth-order valence-corrected chi connectivity index (χ4v) is 4.79. The highest BCUT2D eigenvalue weighted by Gasteiger charge is 2.26. The number of amides is 1. The van der Waals surface area contributed by atoms with Crippen molar-refractivity contribution in [2.24, 2.45) is 5.92 Å². The molecule has 158 valence electrons. The van der Waals surface area contributed by atoms with Crippen LogP contribution in [0.15, 0.2) is 34.2 Å². The number of benzene rings is 1. The number of nitrogens with one attached hydrogen (secondary N) is 1. The number of aromatic nitrogens is 2. The Kier molecular flexibility index (Phi) is 7.72. The van der Waals surface area contributed by atoms with Gasteiger partial charge in [0.15, 0.2) is 5.16 Å². The zero-order chi connectivity index (χ0) is 20.8. The molecule has 1 aliphatic carbocycles. The standard InChI is InChI=1S/C22H31N3O3S/c1-15-9-4-6-11-18(15)23-20(26)16(2)29-22-24-19-12-7-5-10-17(19)21(27)25(22)13-8-14-28-3/h5,7,10,12,15-16,18H,4,6,8-9,11,13-14H2,1-3H3,(H,23,26). The summed E-state index contributed by atoms with van der Waals surface area (Å²) in [5.74, 6) is 0.524. The molecule has 3 unspecified atom stereocenters. The first-order valence-electron chi connectivity index (χ1n) is 10.5. The summed E-state index contributed by atoms with van der Waals surface area (Å²) in [4.78, 5) is 30.5. The summed E-state index contributed by atoms with van der Waals surface area (Å²) in [5.41, 5.74) is 0.596. The number of ether oxygens (including phenoxy) is 1. The first kappa shape index (κ1) is 21.8. The van der Waals surface area contributed by atoms with Crippen molar-refractivity contribution in [1.29, 1.82) is 0 Å². The van der Waals surface area contributed by atoms with Crippen LogP contribution in [0.25, 0.3) is 10.9 Å². The van der Waals surface area contributed by atoms with Crippen LogP contribution < -0.4 is 10.9 Å². The number of para-hydroxylation sites is 1. The van der Waals surface area contributed by atoms with Crippen molar-refractivity contribution in [2.45, 2.75) is 68.9 Å². The SMILES string of the molecule is COCCCn1c(SC(C)C(=O)NC2CCCCC2C)nc2ccccc2c1=O. The minimum atomic E-state index is -0.328. The maximum absolute atomic E-state index is 13.0. The van der Waals surface area contributed by atoms with Gasteiger partial charge in [0.25, 0.3) is 5.56 Å². The molecule has 1 saturated carbocycles. The van der Waals surface area contributed by atoms with E-state index < -0.39 is 0 Å². The molecule has 1 N–H and O–H groups in total. The van der Waals surface area contributed by atoms with Crippen LogP contribution in [0.2, 0.25) is 0 Å². The molecule has 0 aliphatic heterocycles. The Morgan fingerprint density at radius 2 is 2.10 bits per heavy atom. The van der Waals surface area contributed by atoms with E-state index in [0.29, 0.717) is 41.5 Å². The topological polar surface area (TPSA) is 73.2 Å². The number of carbonyl (C=O) groups excluding carboxylic acids is 1. The molecule has 0 bridgehead atoms. The molecule has 1 aliphatic rings. The smallest absolute Gasteiger partial charge is 0.262 e. The fourth-order valence-electron chi connectivity index (χ4n) is 3.84. The van der Waals surface area contributed by atoms with Crippen molar-refractivity contribution in [1.82, 2.24) is 14.9 Å². The Balaban J connectivity index is 1.80. The molecule has 29 heavy (non-hydrogen) atoms. The third-order valence-electron chi connectivity index (χ3n) is 5.65. The van der Waals surface area contributed by atoms with Gasteiger partial charge in [0, 0.05) is 26.3 Å². The first-order chi connectivity index (χ1) is 14.0. The highest BCUT2D eigenvalue weighted by atomic mass is 32.2. The van der Waals surface area contributed by atoms with Crippen molar-refractivity contribution in [2.75, 3.05) is 13.7 Å². The molecule has 1 heterocycles. The number of rotatable bonds is 8. The van der Waals surface area contributed by atoms with Crippen molar-refractivity contribution in [3.63, 3.8) is 0 Å². The molecular weight excluding hydrogens is 386 g/mol. The second-order valence-corrected chi connectivity index (χ2v) is 9.16. The fraction of sp³-hybridized carbons (Fsp3) is 0.591. The summed E-state index contributed by atoms with van der Waals surface area (Å²) in [6, 6.07) is 7.60. The largest absolute Gasteiger partial charge is 0.385 e. The maximum atomic E-state index is 13.0. The number of carbonyl (C=O) groups is 1. The van der Waals surface area contributed by atoms with Gasteiger partial charge in [0.1, 0.15) is 0 Å². The molecule has 1 fully saturated rings. The third-order valence-corrected chi connectivity index (χ3v) is 6.74. The quantitative estimate of drug-likeness (QED) is 0.404. The van der Waals surface area contributed by atoms with Crippen LogP contribution in [0.1, 0.15) is 46.0 Å². The minimum Gasteiger partial charge on any atom is -0.385 e. The van der Waals surface area contributed by atoms with Crippen LogP contribution in [0, 0.1) is 5.92 Å². The van der Waals surface area contributed by atoms with Crippen LogP contribution in [-0.2, 0) is 16.1 Å². The highest BCUT2D eigenvalue weighted by Crippen LogP contribution is 2.26.